The van der Waals surface area contributed by atoms with E-state index in [2.05, 4.69) is 14.7 Å². The standard InChI is InChI=1S/C19H24N4O3/c1-12(2)16-9-14(21-26-16)19(25)22-7-3-5-13(11-22)15-10-18(24)20-17-6-4-8-23(15)17/h9-10,12-13H,3-8,11H2,1-2H3/t13-/m1/s1. The van der Waals surface area contributed by atoms with Crippen LogP contribution in [-0.4, -0.2) is 38.6 Å². The predicted molar refractivity (Wildman–Crippen MR) is 95.3 cm³/mol. The summed E-state index contributed by atoms with van der Waals surface area (Å²) in [6.07, 6.45) is 3.77. The molecule has 0 radical (unpaired) electrons. The number of likely N-dealkylation sites (tertiary alicyclic amines) is 1. The topological polar surface area (TPSA) is 81.2 Å². The molecule has 138 valence electrons. The fourth-order valence-electron chi connectivity index (χ4n) is 3.98. The van der Waals surface area contributed by atoms with Gasteiger partial charge in [-0.2, -0.15) is 4.98 Å². The number of carbonyl (C=O) groups excluding carboxylic acids is 1. The monoisotopic (exact) mass is 356 g/mol. The molecule has 2 aliphatic rings. The summed E-state index contributed by atoms with van der Waals surface area (Å²) >= 11 is 0. The van der Waals surface area contributed by atoms with E-state index in [4.69, 9.17) is 4.52 Å². The smallest absolute Gasteiger partial charge is 0.276 e. The molecule has 1 amide bonds. The number of hydrogen-bond acceptors (Lipinski definition) is 5. The Hall–Kier alpha value is -2.44. The van der Waals surface area contributed by atoms with Gasteiger partial charge in [0, 0.05) is 55.7 Å². The summed E-state index contributed by atoms with van der Waals surface area (Å²) in [6.45, 7) is 6.23. The van der Waals surface area contributed by atoms with Gasteiger partial charge in [-0.05, 0) is 19.3 Å². The average molecular weight is 356 g/mol. The van der Waals surface area contributed by atoms with E-state index in [1.165, 1.54) is 0 Å². The van der Waals surface area contributed by atoms with Crippen LogP contribution < -0.4 is 5.56 Å². The van der Waals surface area contributed by atoms with Crippen molar-refractivity contribution in [3.63, 3.8) is 0 Å². The number of carbonyl (C=O) groups is 1. The molecule has 2 aromatic rings. The molecule has 4 rings (SSSR count). The summed E-state index contributed by atoms with van der Waals surface area (Å²) < 4.78 is 7.45. The second kappa shape index (κ2) is 6.70. The van der Waals surface area contributed by atoms with Crippen LogP contribution in [0, 0.1) is 0 Å². The first-order chi connectivity index (χ1) is 12.5. The van der Waals surface area contributed by atoms with Crippen molar-refractivity contribution < 1.29 is 9.32 Å². The molecule has 0 bridgehead atoms. The molecule has 0 unspecified atom stereocenters. The van der Waals surface area contributed by atoms with E-state index < -0.39 is 0 Å². The van der Waals surface area contributed by atoms with E-state index >= 15 is 0 Å². The largest absolute Gasteiger partial charge is 0.360 e. The highest BCUT2D eigenvalue weighted by Gasteiger charge is 2.30. The van der Waals surface area contributed by atoms with Crippen LogP contribution in [0.4, 0.5) is 0 Å². The van der Waals surface area contributed by atoms with E-state index in [-0.39, 0.29) is 23.3 Å². The minimum Gasteiger partial charge on any atom is -0.360 e. The van der Waals surface area contributed by atoms with Crippen LogP contribution in [0.5, 0.6) is 0 Å². The molecular weight excluding hydrogens is 332 g/mol. The van der Waals surface area contributed by atoms with E-state index in [1.54, 1.807) is 12.1 Å². The lowest BCUT2D eigenvalue weighted by Crippen LogP contribution is -2.40. The molecule has 1 fully saturated rings. The fourth-order valence-corrected chi connectivity index (χ4v) is 3.98. The molecule has 1 atom stereocenters. The summed E-state index contributed by atoms with van der Waals surface area (Å²) in [4.78, 5) is 30.8. The van der Waals surface area contributed by atoms with Gasteiger partial charge in [0.15, 0.2) is 5.69 Å². The van der Waals surface area contributed by atoms with Gasteiger partial charge in [-0.1, -0.05) is 19.0 Å². The molecule has 7 heteroatoms. The highest BCUT2D eigenvalue weighted by molar-refractivity contribution is 5.92. The van der Waals surface area contributed by atoms with Gasteiger partial charge < -0.3 is 14.0 Å². The van der Waals surface area contributed by atoms with Crippen LogP contribution in [0.15, 0.2) is 21.5 Å². The van der Waals surface area contributed by atoms with Crippen molar-refractivity contribution >= 4 is 5.91 Å². The van der Waals surface area contributed by atoms with Crippen molar-refractivity contribution in [2.45, 2.75) is 57.9 Å². The van der Waals surface area contributed by atoms with Gasteiger partial charge in [-0.3, -0.25) is 9.59 Å². The Kier molecular flexibility index (Phi) is 4.38. The molecule has 26 heavy (non-hydrogen) atoms. The van der Waals surface area contributed by atoms with Crippen LogP contribution in [0.1, 0.15) is 72.7 Å². The number of piperidine rings is 1. The van der Waals surface area contributed by atoms with Crippen molar-refractivity contribution in [1.82, 2.24) is 19.6 Å². The van der Waals surface area contributed by atoms with Crippen molar-refractivity contribution in [2.75, 3.05) is 13.1 Å². The molecular formula is C19H24N4O3. The number of hydrogen-bond donors (Lipinski definition) is 0. The number of rotatable bonds is 3. The third-order valence-corrected chi connectivity index (χ3v) is 5.36. The Bertz CT molecular complexity index is 883. The third kappa shape index (κ3) is 3.06. The SMILES string of the molecule is CC(C)c1cc(C(=O)N2CCC[C@@H](c3cc(=O)nc4n3CCC4)C2)no1. The first-order valence-corrected chi connectivity index (χ1v) is 9.39. The summed E-state index contributed by atoms with van der Waals surface area (Å²) in [5.74, 6) is 1.87. The van der Waals surface area contributed by atoms with Crippen molar-refractivity contribution in [1.29, 1.82) is 0 Å². The Morgan fingerprint density at radius 3 is 2.88 bits per heavy atom. The van der Waals surface area contributed by atoms with Gasteiger partial charge in [0.2, 0.25) is 0 Å². The maximum Gasteiger partial charge on any atom is 0.276 e. The molecule has 0 saturated carbocycles. The van der Waals surface area contributed by atoms with Gasteiger partial charge in [0.1, 0.15) is 11.6 Å². The number of fused-ring (bicyclic) bond motifs is 1. The summed E-state index contributed by atoms with van der Waals surface area (Å²) in [5.41, 5.74) is 1.22. The van der Waals surface area contributed by atoms with E-state index in [9.17, 15) is 9.59 Å². The van der Waals surface area contributed by atoms with E-state index in [0.29, 0.717) is 18.8 Å². The molecule has 0 aromatic carbocycles. The van der Waals surface area contributed by atoms with Gasteiger partial charge in [-0.15, -0.1) is 0 Å². The Balaban J connectivity index is 1.56. The van der Waals surface area contributed by atoms with Crippen LogP contribution in [0.2, 0.25) is 0 Å². The van der Waals surface area contributed by atoms with E-state index in [1.807, 2.05) is 18.7 Å². The van der Waals surface area contributed by atoms with Crippen LogP contribution >= 0.6 is 0 Å². The first kappa shape index (κ1) is 17.0. The normalized spacial score (nSPS) is 19.8. The maximum atomic E-state index is 12.8. The Morgan fingerprint density at radius 1 is 1.27 bits per heavy atom. The quantitative estimate of drug-likeness (QED) is 0.843. The molecule has 0 N–H and O–H groups in total. The zero-order valence-electron chi connectivity index (χ0n) is 15.3. The van der Waals surface area contributed by atoms with Gasteiger partial charge >= 0.3 is 0 Å². The zero-order chi connectivity index (χ0) is 18.3. The van der Waals surface area contributed by atoms with Gasteiger partial charge in [0.05, 0.1) is 0 Å². The summed E-state index contributed by atoms with van der Waals surface area (Å²) in [6, 6.07) is 3.39. The number of amides is 1. The third-order valence-electron chi connectivity index (χ3n) is 5.36. The first-order valence-electron chi connectivity index (χ1n) is 9.39. The highest BCUT2D eigenvalue weighted by Crippen LogP contribution is 2.29. The van der Waals surface area contributed by atoms with Crippen LogP contribution in [-0.2, 0) is 13.0 Å². The van der Waals surface area contributed by atoms with Crippen molar-refractivity contribution in [3.05, 3.63) is 45.5 Å². The number of nitrogens with zero attached hydrogens (tertiary/aromatic N) is 4. The Morgan fingerprint density at radius 2 is 2.12 bits per heavy atom. The summed E-state index contributed by atoms with van der Waals surface area (Å²) in [7, 11) is 0. The number of aryl methyl sites for hydroxylation is 1. The lowest BCUT2D eigenvalue weighted by atomic mass is 9.94. The molecule has 4 heterocycles. The maximum absolute atomic E-state index is 12.8. The second-order valence-electron chi connectivity index (χ2n) is 7.55. The van der Waals surface area contributed by atoms with Crippen molar-refractivity contribution in [2.24, 2.45) is 0 Å². The van der Waals surface area contributed by atoms with Gasteiger partial charge in [0.25, 0.3) is 11.5 Å². The molecule has 1 saturated heterocycles. The average Bonchev–Trinajstić information content (AvgIpc) is 3.29. The molecule has 7 nitrogen and oxygen atoms in total. The van der Waals surface area contributed by atoms with Crippen LogP contribution in [0.3, 0.4) is 0 Å². The summed E-state index contributed by atoms with van der Waals surface area (Å²) in [5, 5.41) is 3.95. The lowest BCUT2D eigenvalue weighted by molar-refractivity contribution is 0.0694. The molecule has 0 spiro atoms. The molecule has 2 aromatic heterocycles. The van der Waals surface area contributed by atoms with Crippen LogP contribution in [0.25, 0.3) is 0 Å². The lowest BCUT2D eigenvalue weighted by Gasteiger charge is -2.33. The minimum absolute atomic E-state index is 0.0941. The zero-order valence-corrected chi connectivity index (χ0v) is 15.3. The molecule has 2 aliphatic heterocycles. The number of aromatic nitrogens is 3. The van der Waals surface area contributed by atoms with Crippen molar-refractivity contribution in [3.8, 4) is 0 Å². The molecule has 0 aliphatic carbocycles. The minimum atomic E-state index is -0.172. The highest BCUT2D eigenvalue weighted by atomic mass is 16.5. The predicted octanol–water partition coefficient (Wildman–Crippen LogP) is 2.32. The van der Waals surface area contributed by atoms with Gasteiger partial charge in [-0.25, -0.2) is 0 Å². The second-order valence-corrected chi connectivity index (χ2v) is 7.55. The van der Waals surface area contributed by atoms with E-state index in [0.717, 1.165) is 49.5 Å². The Labute approximate surface area is 152 Å². The fraction of sp³-hybridized carbons (Fsp3) is 0.579.